The van der Waals surface area contributed by atoms with E-state index in [0.29, 0.717) is 49.0 Å². The Bertz CT molecular complexity index is 828. The van der Waals surface area contributed by atoms with Gasteiger partial charge in [0.05, 0.1) is 11.1 Å². The van der Waals surface area contributed by atoms with Gasteiger partial charge in [-0.15, -0.1) is 0 Å². The fourth-order valence-corrected chi connectivity index (χ4v) is 6.76. The number of cyclic esters (lactones) is 1. The van der Waals surface area contributed by atoms with Gasteiger partial charge in [0, 0.05) is 24.2 Å². The molecule has 3 rings (SSSR count). The van der Waals surface area contributed by atoms with Gasteiger partial charge in [0.15, 0.2) is 0 Å². The molecular weight excluding hydrogens is 423 g/mol. The van der Waals surface area contributed by atoms with Gasteiger partial charge in [0.25, 0.3) is 0 Å². The lowest BCUT2D eigenvalue weighted by Gasteiger charge is -2.37. The predicted molar refractivity (Wildman–Crippen MR) is 109 cm³/mol. The van der Waals surface area contributed by atoms with E-state index < -0.39 is 10.0 Å². The normalized spacial score (nSPS) is 22.1. The molecule has 1 aromatic rings. The van der Waals surface area contributed by atoms with Gasteiger partial charge in [-0.05, 0) is 49.8 Å². The Morgan fingerprint density at radius 3 is 2.43 bits per heavy atom. The Morgan fingerprint density at radius 2 is 1.86 bits per heavy atom. The summed E-state index contributed by atoms with van der Waals surface area (Å²) < 4.78 is 33.0. The second-order valence-corrected chi connectivity index (χ2v) is 10.7. The number of piperidine rings is 1. The Labute approximate surface area is 176 Å². The van der Waals surface area contributed by atoms with Crippen LogP contribution in [0.5, 0.6) is 0 Å². The highest BCUT2D eigenvalue weighted by atomic mass is 35.5. The molecule has 1 atom stereocenters. The Kier molecular flexibility index (Phi) is 6.49. The number of carbonyl (C=O) groups excluding carboxylic acids is 1. The van der Waals surface area contributed by atoms with Gasteiger partial charge in [-0.3, -0.25) is 4.90 Å². The van der Waals surface area contributed by atoms with Crippen LogP contribution >= 0.6 is 23.2 Å². The standard InChI is InChI=1S/C19H26Cl2N2O4S/c1-12(2)8-16-11-27-19(24)23(16)15-4-6-22(7-5-15)28(25,26)18-13(3)9-14(20)10-17(18)21/h9-10,12,15-16H,4-8,11H2,1-3H3. The minimum absolute atomic E-state index is 0.00742. The number of carbonyl (C=O) groups is 1. The first kappa shape index (κ1) is 21.7. The number of aryl methyl sites for hydroxylation is 1. The van der Waals surface area contributed by atoms with Crippen molar-refractivity contribution in [3.63, 3.8) is 0 Å². The highest BCUT2D eigenvalue weighted by Crippen LogP contribution is 2.34. The van der Waals surface area contributed by atoms with E-state index in [2.05, 4.69) is 13.8 Å². The van der Waals surface area contributed by atoms with Crippen molar-refractivity contribution in [3.05, 3.63) is 27.7 Å². The maximum atomic E-state index is 13.1. The van der Waals surface area contributed by atoms with Crippen LogP contribution in [0.4, 0.5) is 4.79 Å². The van der Waals surface area contributed by atoms with E-state index in [1.165, 1.54) is 10.4 Å². The van der Waals surface area contributed by atoms with E-state index in [0.717, 1.165) is 6.42 Å². The molecule has 0 aliphatic carbocycles. The molecule has 1 unspecified atom stereocenters. The molecule has 0 bridgehead atoms. The fraction of sp³-hybridized carbons (Fsp3) is 0.632. The third-order valence-corrected chi connectivity index (χ3v) is 8.09. The molecule has 2 aliphatic heterocycles. The summed E-state index contributed by atoms with van der Waals surface area (Å²) >= 11 is 12.2. The zero-order valence-corrected chi connectivity index (χ0v) is 18.6. The van der Waals surface area contributed by atoms with Crippen molar-refractivity contribution in [3.8, 4) is 0 Å². The van der Waals surface area contributed by atoms with Crippen molar-refractivity contribution >= 4 is 39.3 Å². The number of sulfonamides is 1. The zero-order chi connectivity index (χ0) is 20.6. The van der Waals surface area contributed by atoms with Gasteiger partial charge in [0.1, 0.15) is 11.5 Å². The highest BCUT2D eigenvalue weighted by molar-refractivity contribution is 7.89. The van der Waals surface area contributed by atoms with Gasteiger partial charge in [-0.2, -0.15) is 4.31 Å². The summed E-state index contributed by atoms with van der Waals surface area (Å²) in [6.45, 7) is 7.01. The largest absolute Gasteiger partial charge is 0.447 e. The molecule has 2 fully saturated rings. The molecule has 0 spiro atoms. The summed E-state index contributed by atoms with van der Waals surface area (Å²) in [6, 6.07) is 3.11. The van der Waals surface area contributed by atoms with E-state index in [1.807, 2.05) is 4.90 Å². The predicted octanol–water partition coefficient (Wildman–Crippen LogP) is 4.32. The third kappa shape index (κ3) is 4.27. The van der Waals surface area contributed by atoms with Crippen molar-refractivity contribution in [1.29, 1.82) is 0 Å². The minimum atomic E-state index is -3.73. The molecule has 0 N–H and O–H groups in total. The van der Waals surface area contributed by atoms with Crippen LogP contribution in [0, 0.1) is 12.8 Å². The number of benzene rings is 1. The van der Waals surface area contributed by atoms with Gasteiger partial charge in [-0.1, -0.05) is 37.0 Å². The van der Waals surface area contributed by atoms with Crippen LogP contribution in [-0.2, 0) is 14.8 Å². The van der Waals surface area contributed by atoms with E-state index in [4.69, 9.17) is 27.9 Å². The molecule has 1 aromatic carbocycles. The molecule has 156 valence electrons. The van der Waals surface area contributed by atoms with E-state index >= 15 is 0 Å². The van der Waals surface area contributed by atoms with Crippen LogP contribution in [0.1, 0.15) is 38.7 Å². The van der Waals surface area contributed by atoms with E-state index in [9.17, 15) is 13.2 Å². The first-order chi connectivity index (χ1) is 13.1. The quantitative estimate of drug-likeness (QED) is 0.672. The number of nitrogens with zero attached hydrogens (tertiary/aromatic N) is 2. The summed E-state index contributed by atoms with van der Waals surface area (Å²) in [5.41, 5.74) is 0.528. The average Bonchev–Trinajstić information content (AvgIpc) is 2.93. The number of hydrogen-bond donors (Lipinski definition) is 0. The molecule has 0 radical (unpaired) electrons. The molecule has 6 nitrogen and oxygen atoms in total. The number of hydrogen-bond acceptors (Lipinski definition) is 4. The van der Waals surface area contributed by atoms with Gasteiger partial charge in [0.2, 0.25) is 10.0 Å². The summed E-state index contributed by atoms with van der Waals surface area (Å²) in [6.07, 6.45) is 1.74. The Balaban J connectivity index is 1.74. The SMILES string of the molecule is Cc1cc(Cl)cc(Cl)c1S(=O)(=O)N1CCC(N2C(=O)OCC2CC(C)C)CC1. The van der Waals surface area contributed by atoms with Crippen molar-refractivity contribution in [1.82, 2.24) is 9.21 Å². The summed E-state index contributed by atoms with van der Waals surface area (Å²) in [5.74, 6) is 0.456. The zero-order valence-electron chi connectivity index (χ0n) is 16.3. The second-order valence-electron chi connectivity index (χ2n) is 7.94. The Hall–Kier alpha value is -1.02. The molecular formula is C19H26Cl2N2O4S. The van der Waals surface area contributed by atoms with Crippen LogP contribution in [0.3, 0.4) is 0 Å². The third-order valence-electron chi connectivity index (χ3n) is 5.36. The molecule has 0 saturated carbocycles. The van der Waals surface area contributed by atoms with E-state index in [-0.39, 0.29) is 28.1 Å². The molecule has 2 aliphatic rings. The van der Waals surface area contributed by atoms with Gasteiger partial charge >= 0.3 is 6.09 Å². The highest BCUT2D eigenvalue weighted by Gasteiger charge is 2.41. The lowest BCUT2D eigenvalue weighted by atomic mass is 9.99. The van der Waals surface area contributed by atoms with Crippen LogP contribution in [-0.4, -0.2) is 55.5 Å². The first-order valence-corrected chi connectivity index (χ1v) is 11.7. The number of ether oxygens (including phenoxy) is 1. The number of rotatable bonds is 5. The van der Waals surface area contributed by atoms with Crippen LogP contribution in [0.25, 0.3) is 0 Å². The first-order valence-electron chi connectivity index (χ1n) is 9.52. The van der Waals surface area contributed by atoms with Crippen LogP contribution < -0.4 is 0 Å². The number of halogens is 2. The topological polar surface area (TPSA) is 66.9 Å². The molecule has 9 heteroatoms. The molecule has 2 saturated heterocycles. The minimum Gasteiger partial charge on any atom is -0.447 e. The fourth-order valence-electron chi connectivity index (χ4n) is 4.15. The second kappa shape index (κ2) is 8.38. The number of amides is 1. The summed E-state index contributed by atoms with van der Waals surface area (Å²) in [7, 11) is -3.73. The van der Waals surface area contributed by atoms with Crippen molar-refractivity contribution < 1.29 is 17.9 Å². The van der Waals surface area contributed by atoms with Crippen molar-refractivity contribution in [2.75, 3.05) is 19.7 Å². The molecule has 0 aromatic heterocycles. The van der Waals surface area contributed by atoms with E-state index in [1.54, 1.807) is 13.0 Å². The summed E-state index contributed by atoms with van der Waals surface area (Å²) in [5, 5.41) is 0.538. The lowest BCUT2D eigenvalue weighted by molar-refractivity contribution is 0.121. The van der Waals surface area contributed by atoms with Crippen LogP contribution in [0.2, 0.25) is 10.0 Å². The lowest BCUT2D eigenvalue weighted by Crippen LogP contribution is -2.50. The molecule has 28 heavy (non-hydrogen) atoms. The maximum absolute atomic E-state index is 13.1. The summed E-state index contributed by atoms with van der Waals surface area (Å²) in [4.78, 5) is 14.2. The average molecular weight is 449 g/mol. The Morgan fingerprint density at radius 1 is 1.21 bits per heavy atom. The van der Waals surface area contributed by atoms with Gasteiger partial charge in [-0.25, -0.2) is 13.2 Å². The molecule has 1 amide bonds. The molecule has 2 heterocycles. The van der Waals surface area contributed by atoms with Crippen molar-refractivity contribution in [2.24, 2.45) is 5.92 Å². The van der Waals surface area contributed by atoms with Crippen molar-refractivity contribution in [2.45, 2.75) is 57.0 Å². The smallest absolute Gasteiger partial charge is 0.410 e. The maximum Gasteiger partial charge on any atom is 0.410 e. The van der Waals surface area contributed by atoms with Crippen LogP contribution in [0.15, 0.2) is 17.0 Å². The monoisotopic (exact) mass is 448 g/mol. The van der Waals surface area contributed by atoms with Gasteiger partial charge < -0.3 is 4.74 Å².